The van der Waals surface area contributed by atoms with E-state index >= 15 is 0 Å². The molecule has 2 aromatic heterocycles. The lowest BCUT2D eigenvalue weighted by atomic mass is 10.2. The first kappa shape index (κ1) is 15.3. The van der Waals surface area contributed by atoms with Gasteiger partial charge >= 0.3 is 0 Å². The summed E-state index contributed by atoms with van der Waals surface area (Å²) in [5.74, 6) is -0.0590. The molecule has 1 amide bonds. The second-order valence-electron chi connectivity index (χ2n) is 5.69. The van der Waals surface area contributed by atoms with Crippen LogP contribution in [0.25, 0.3) is 0 Å². The fourth-order valence-corrected chi connectivity index (χ4v) is 2.91. The van der Waals surface area contributed by atoms with Crippen LogP contribution in [-0.4, -0.2) is 27.8 Å². The molecule has 0 radical (unpaired) electrons. The van der Waals surface area contributed by atoms with E-state index in [0.29, 0.717) is 18.2 Å². The fourth-order valence-electron chi connectivity index (χ4n) is 2.91. The molecule has 0 saturated heterocycles. The summed E-state index contributed by atoms with van der Waals surface area (Å²) < 4.78 is 7.07. The summed E-state index contributed by atoms with van der Waals surface area (Å²) in [5.41, 5.74) is 0.796. The highest BCUT2D eigenvalue weighted by Crippen LogP contribution is 2.28. The first-order valence-corrected chi connectivity index (χ1v) is 7.76. The van der Waals surface area contributed by atoms with Crippen molar-refractivity contribution in [2.24, 2.45) is 0 Å². The summed E-state index contributed by atoms with van der Waals surface area (Å²) in [6, 6.07) is 3.66. The molecule has 2 aromatic rings. The molecule has 0 spiro atoms. The number of carbonyl (C=O) groups is 1. The summed E-state index contributed by atoms with van der Waals surface area (Å²) >= 11 is 0. The van der Waals surface area contributed by atoms with Gasteiger partial charge in [0.05, 0.1) is 31.0 Å². The van der Waals surface area contributed by atoms with E-state index in [9.17, 15) is 9.59 Å². The second-order valence-corrected chi connectivity index (χ2v) is 5.69. The van der Waals surface area contributed by atoms with E-state index in [1.807, 2.05) is 16.9 Å². The van der Waals surface area contributed by atoms with Gasteiger partial charge in [-0.3, -0.25) is 14.3 Å². The smallest absolute Gasteiger partial charge is 0.256 e. The van der Waals surface area contributed by atoms with Gasteiger partial charge in [0.25, 0.3) is 11.5 Å². The second kappa shape index (κ2) is 6.68. The quantitative estimate of drug-likeness (QED) is 0.877. The molecule has 2 N–H and O–H groups in total. The third kappa shape index (κ3) is 3.44. The van der Waals surface area contributed by atoms with Crippen LogP contribution in [0.5, 0.6) is 5.75 Å². The molecule has 1 aliphatic rings. The first-order valence-electron chi connectivity index (χ1n) is 7.76. The van der Waals surface area contributed by atoms with Gasteiger partial charge < -0.3 is 15.0 Å². The van der Waals surface area contributed by atoms with Gasteiger partial charge in [0, 0.05) is 18.5 Å². The molecule has 0 bridgehead atoms. The summed E-state index contributed by atoms with van der Waals surface area (Å²) in [7, 11) is 1.43. The molecular weight excluding hydrogens is 296 g/mol. The monoisotopic (exact) mass is 316 g/mol. The lowest BCUT2D eigenvalue weighted by Gasteiger charge is -2.09. The summed E-state index contributed by atoms with van der Waals surface area (Å²) in [4.78, 5) is 26.0. The number of nitrogens with zero attached hydrogens (tertiary/aromatic N) is 2. The number of amides is 1. The highest BCUT2D eigenvalue weighted by molar-refractivity contribution is 5.96. The van der Waals surface area contributed by atoms with Crippen molar-refractivity contribution in [3.05, 3.63) is 46.1 Å². The maximum atomic E-state index is 12.2. The third-order valence-corrected chi connectivity index (χ3v) is 4.14. The maximum Gasteiger partial charge on any atom is 0.256 e. The van der Waals surface area contributed by atoms with Crippen molar-refractivity contribution in [3.63, 3.8) is 0 Å². The van der Waals surface area contributed by atoms with Crippen molar-refractivity contribution < 1.29 is 9.53 Å². The van der Waals surface area contributed by atoms with E-state index in [4.69, 9.17) is 4.74 Å². The summed E-state index contributed by atoms with van der Waals surface area (Å²) in [6.07, 6.45) is 8.17. The van der Waals surface area contributed by atoms with Crippen LogP contribution in [-0.2, 0) is 6.54 Å². The van der Waals surface area contributed by atoms with Crippen molar-refractivity contribution >= 4 is 5.91 Å². The van der Waals surface area contributed by atoms with Crippen LogP contribution in [0.3, 0.4) is 0 Å². The average Bonchev–Trinajstić information content (AvgIpc) is 3.23. The molecular formula is C16H20N4O3. The molecule has 122 valence electrons. The Balaban J connectivity index is 1.64. The van der Waals surface area contributed by atoms with E-state index in [2.05, 4.69) is 15.4 Å². The Morgan fingerprint density at radius 2 is 2.26 bits per heavy atom. The predicted octanol–water partition coefficient (Wildman–Crippen LogP) is 1.63. The molecule has 7 nitrogen and oxygen atoms in total. The zero-order valence-electron chi connectivity index (χ0n) is 13.0. The van der Waals surface area contributed by atoms with Crippen LogP contribution in [0.1, 0.15) is 47.8 Å². The van der Waals surface area contributed by atoms with Gasteiger partial charge in [-0.2, -0.15) is 5.10 Å². The van der Waals surface area contributed by atoms with Gasteiger partial charge in [-0.25, -0.2) is 0 Å². The highest BCUT2D eigenvalue weighted by Gasteiger charge is 2.18. The van der Waals surface area contributed by atoms with Crippen LogP contribution in [0.4, 0.5) is 0 Å². The van der Waals surface area contributed by atoms with Crippen molar-refractivity contribution in [1.29, 1.82) is 0 Å². The zero-order chi connectivity index (χ0) is 16.2. The lowest BCUT2D eigenvalue weighted by Crippen LogP contribution is -2.25. The number of ether oxygens (including phenoxy) is 1. The molecule has 1 saturated carbocycles. The van der Waals surface area contributed by atoms with Gasteiger partial charge in [0.1, 0.15) is 5.75 Å². The Hall–Kier alpha value is -2.57. The number of methoxy groups -OCH3 is 1. The van der Waals surface area contributed by atoms with E-state index < -0.39 is 0 Å². The van der Waals surface area contributed by atoms with Crippen LogP contribution in [0.2, 0.25) is 0 Å². The van der Waals surface area contributed by atoms with Crippen LogP contribution in [0, 0.1) is 0 Å². The zero-order valence-corrected chi connectivity index (χ0v) is 13.0. The molecule has 0 unspecified atom stereocenters. The number of rotatable bonds is 5. The fraction of sp³-hybridized carbons (Fsp3) is 0.438. The van der Waals surface area contributed by atoms with Gasteiger partial charge in [-0.15, -0.1) is 0 Å². The van der Waals surface area contributed by atoms with Gasteiger partial charge in [-0.1, -0.05) is 12.8 Å². The Morgan fingerprint density at radius 3 is 3.00 bits per heavy atom. The normalized spacial score (nSPS) is 14.8. The number of H-pyrrole nitrogens is 1. The molecule has 0 aromatic carbocycles. The van der Waals surface area contributed by atoms with Crippen molar-refractivity contribution in [2.45, 2.75) is 38.3 Å². The van der Waals surface area contributed by atoms with Crippen LogP contribution < -0.4 is 15.6 Å². The lowest BCUT2D eigenvalue weighted by molar-refractivity contribution is 0.0947. The molecule has 0 aliphatic heterocycles. The average molecular weight is 316 g/mol. The first-order chi connectivity index (χ1) is 11.2. The Labute approximate surface area is 133 Å². The number of hydrogen-bond donors (Lipinski definition) is 2. The SMILES string of the molecule is COc1cc(=O)[nH]cc1C(=O)NCc1ccn(C2CCCC2)n1. The van der Waals surface area contributed by atoms with E-state index in [-0.39, 0.29) is 17.2 Å². The largest absolute Gasteiger partial charge is 0.496 e. The minimum Gasteiger partial charge on any atom is -0.496 e. The number of aromatic nitrogens is 3. The minimum absolute atomic E-state index is 0.253. The number of carbonyl (C=O) groups excluding carboxylic acids is 1. The summed E-state index contributed by atoms with van der Waals surface area (Å²) in [6.45, 7) is 0.334. The van der Waals surface area contributed by atoms with Gasteiger partial charge in [0.2, 0.25) is 0 Å². The number of nitrogens with one attached hydrogen (secondary N) is 2. The van der Waals surface area contributed by atoms with Crippen molar-refractivity contribution in [3.8, 4) is 5.75 Å². The third-order valence-electron chi connectivity index (χ3n) is 4.14. The van der Waals surface area contributed by atoms with E-state index in [1.165, 1.54) is 45.1 Å². The predicted molar refractivity (Wildman–Crippen MR) is 84.5 cm³/mol. The molecule has 23 heavy (non-hydrogen) atoms. The number of aromatic amines is 1. The standard InChI is InChI=1S/C16H20N4O3/c1-23-14-8-15(21)17-10-13(14)16(22)18-9-11-6-7-20(19-11)12-4-2-3-5-12/h6-8,10,12H,2-5,9H2,1H3,(H,17,21)(H,18,22). The maximum absolute atomic E-state index is 12.2. The number of pyridine rings is 1. The molecule has 1 aliphatic carbocycles. The van der Waals surface area contributed by atoms with Crippen molar-refractivity contribution in [2.75, 3.05) is 7.11 Å². The number of hydrogen-bond acceptors (Lipinski definition) is 4. The van der Waals surface area contributed by atoms with E-state index in [1.54, 1.807) is 0 Å². The van der Waals surface area contributed by atoms with E-state index in [0.717, 1.165) is 5.69 Å². The molecule has 0 atom stereocenters. The molecule has 3 rings (SSSR count). The minimum atomic E-state index is -0.312. The van der Waals surface area contributed by atoms with Crippen LogP contribution >= 0.6 is 0 Å². The summed E-state index contributed by atoms with van der Waals surface area (Å²) in [5, 5.41) is 7.32. The Bertz CT molecular complexity index is 744. The van der Waals surface area contributed by atoms with Gasteiger partial charge in [0.15, 0.2) is 0 Å². The molecule has 1 fully saturated rings. The topological polar surface area (TPSA) is 89.0 Å². The van der Waals surface area contributed by atoms with Gasteiger partial charge in [-0.05, 0) is 18.9 Å². The molecule has 2 heterocycles. The Kier molecular flexibility index (Phi) is 4.45. The molecule has 7 heteroatoms. The highest BCUT2D eigenvalue weighted by atomic mass is 16.5. The Morgan fingerprint density at radius 1 is 1.48 bits per heavy atom. The van der Waals surface area contributed by atoms with Crippen molar-refractivity contribution in [1.82, 2.24) is 20.1 Å². The van der Waals surface area contributed by atoms with Crippen LogP contribution in [0.15, 0.2) is 29.3 Å².